The molecule has 0 aromatic carbocycles. The molecular formula is C19H26N4O2. The average molecular weight is 342 g/mol. The van der Waals surface area contributed by atoms with Gasteiger partial charge in [0.05, 0.1) is 11.6 Å². The van der Waals surface area contributed by atoms with Crippen LogP contribution in [0.3, 0.4) is 0 Å². The number of pyridine rings is 1. The maximum Gasteiger partial charge on any atom is 0.330 e. The van der Waals surface area contributed by atoms with Crippen molar-refractivity contribution >= 4 is 17.1 Å². The van der Waals surface area contributed by atoms with Crippen LogP contribution in [-0.4, -0.2) is 38.0 Å². The summed E-state index contributed by atoms with van der Waals surface area (Å²) < 4.78 is 3.58. The van der Waals surface area contributed by atoms with Gasteiger partial charge in [-0.3, -0.25) is 13.9 Å². The number of hydrogen-bond donors (Lipinski definition) is 0. The minimum Gasteiger partial charge on any atom is -0.340 e. The van der Waals surface area contributed by atoms with Crippen LogP contribution >= 0.6 is 0 Å². The standard InChI is InChI=1S/C19H26N4O2/c1-2-22-16-9-6-11-20-17(16)23(19(22)25)15-10-12-21(13-15)18(24)14-7-4-3-5-8-14/h6,9,11,14-15H,2-5,7-8,10,12-13H2,1H3/t15-/m1/s1. The fourth-order valence-corrected chi connectivity index (χ4v) is 4.50. The highest BCUT2D eigenvalue weighted by Crippen LogP contribution is 2.30. The van der Waals surface area contributed by atoms with Crippen molar-refractivity contribution < 1.29 is 4.79 Å². The van der Waals surface area contributed by atoms with Crippen molar-refractivity contribution in [2.75, 3.05) is 13.1 Å². The molecule has 134 valence electrons. The predicted octanol–water partition coefficient (Wildman–Crippen LogP) is 2.57. The summed E-state index contributed by atoms with van der Waals surface area (Å²) in [5.74, 6) is 0.488. The smallest absolute Gasteiger partial charge is 0.330 e. The number of hydrogen-bond acceptors (Lipinski definition) is 3. The highest BCUT2D eigenvalue weighted by atomic mass is 16.2. The van der Waals surface area contributed by atoms with E-state index in [0.717, 1.165) is 37.0 Å². The fraction of sp³-hybridized carbons (Fsp3) is 0.632. The molecule has 1 atom stereocenters. The number of rotatable bonds is 3. The van der Waals surface area contributed by atoms with Crippen LogP contribution in [0.5, 0.6) is 0 Å². The molecule has 0 spiro atoms. The molecule has 2 aromatic rings. The van der Waals surface area contributed by atoms with E-state index >= 15 is 0 Å². The molecule has 6 nitrogen and oxygen atoms in total. The molecule has 4 rings (SSSR count). The van der Waals surface area contributed by atoms with Gasteiger partial charge in [0.1, 0.15) is 0 Å². The molecule has 1 amide bonds. The van der Waals surface area contributed by atoms with Crippen molar-refractivity contribution in [3.63, 3.8) is 0 Å². The van der Waals surface area contributed by atoms with E-state index in [2.05, 4.69) is 4.98 Å². The van der Waals surface area contributed by atoms with Crippen molar-refractivity contribution in [2.24, 2.45) is 5.92 Å². The first-order valence-corrected chi connectivity index (χ1v) is 9.55. The molecule has 1 saturated carbocycles. The molecule has 2 aromatic heterocycles. The molecule has 1 saturated heterocycles. The predicted molar refractivity (Wildman–Crippen MR) is 96.5 cm³/mol. The molecular weight excluding hydrogens is 316 g/mol. The summed E-state index contributed by atoms with van der Waals surface area (Å²) in [6, 6.07) is 3.85. The van der Waals surface area contributed by atoms with E-state index in [-0.39, 0.29) is 17.6 Å². The normalized spacial score (nSPS) is 22.0. The molecule has 0 unspecified atom stereocenters. The molecule has 0 bridgehead atoms. The summed E-state index contributed by atoms with van der Waals surface area (Å²) in [5.41, 5.74) is 1.62. The van der Waals surface area contributed by atoms with Crippen LogP contribution in [0.15, 0.2) is 23.1 Å². The number of nitrogens with zero attached hydrogens (tertiary/aromatic N) is 4. The Morgan fingerprint density at radius 1 is 1.24 bits per heavy atom. The minimum atomic E-state index is -0.00633. The number of carbonyl (C=O) groups is 1. The van der Waals surface area contributed by atoms with E-state index in [1.165, 1.54) is 19.3 Å². The molecule has 1 aliphatic heterocycles. The van der Waals surface area contributed by atoms with Gasteiger partial charge in [-0.05, 0) is 38.3 Å². The van der Waals surface area contributed by atoms with Gasteiger partial charge in [-0.25, -0.2) is 9.78 Å². The lowest BCUT2D eigenvalue weighted by atomic mass is 9.88. The largest absolute Gasteiger partial charge is 0.340 e. The lowest BCUT2D eigenvalue weighted by molar-refractivity contribution is -0.135. The third-order valence-electron chi connectivity index (χ3n) is 5.83. The Bertz CT molecular complexity index is 832. The lowest BCUT2D eigenvalue weighted by Gasteiger charge is -2.26. The summed E-state index contributed by atoms with van der Waals surface area (Å²) >= 11 is 0. The summed E-state index contributed by atoms with van der Waals surface area (Å²) in [6.45, 7) is 3.99. The monoisotopic (exact) mass is 342 g/mol. The van der Waals surface area contributed by atoms with E-state index in [0.29, 0.717) is 19.0 Å². The van der Waals surface area contributed by atoms with Crippen LogP contribution in [0, 0.1) is 5.92 Å². The summed E-state index contributed by atoms with van der Waals surface area (Å²) in [7, 11) is 0. The summed E-state index contributed by atoms with van der Waals surface area (Å²) in [5, 5.41) is 0. The third kappa shape index (κ3) is 2.77. The molecule has 6 heteroatoms. The van der Waals surface area contributed by atoms with Gasteiger partial charge < -0.3 is 4.90 Å². The second-order valence-corrected chi connectivity index (χ2v) is 7.30. The van der Waals surface area contributed by atoms with E-state index in [1.807, 2.05) is 28.5 Å². The van der Waals surface area contributed by atoms with Crippen LogP contribution in [-0.2, 0) is 11.3 Å². The maximum atomic E-state index is 12.9. The van der Waals surface area contributed by atoms with Crippen molar-refractivity contribution in [1.29, 1.82) is 0 Å². The first kappa shape index (κ1) is 16.4. The van der Waals surface area contributed by atoms with Gasteiger partial charge in [0.2, 0.25) is 5.91 Å². The molecule has 1 aliphatic carbocycles. The van der Waals surface area contributed by atoms with Gasteiger partial charge in [0, 0.05) is 31.7 Å². The van der Waals surface area contributed by atoms with Gasteiger partial charge in [-0.15, -0.1) is 0 Å². The second kappa shape index (κ2) is 6.65. The van der Waals surface area contributed by atoms with Crippen molar-refractivity contribution in [1.82, 2.24) is 19.0 Å². The molecule has 2 aliphatic rings. The Kier molecular flexibility index (Phi) is 4.36. The van der Waals surface area contributed by atoms with Gasteiger partial charge in [0.15, 0.2) is 5.65 Å². The Hall–Kier alpha value is -2.11. The van der Waals surface area contributed by atoms with Crippen molar-refractivity contribution in [2.45, 2.75) is 58.0 Å². The number of carbonyl (C=O) groups excluding carboxylic acids is 1. The van der Waals surface area contributed by atoms with Crippen LogP contribution in [0.2, 0.25) is 0 Å². The van der Waals surface area contributed by atoms with E-state index in [1.54, 1.807) is 10.8 Å². The molecule has 2 fully saturated rings. The van der Waals surface area contributed by atoms with E-state index in [9.17, 15) is 9.59 Å². The van der Waals surface area contributed by atoms with Crippen LogP contribution < -0.4 is 5.69 Å². The highest BCUT2D eigenvalue weighted by molar-refractivity contribution is 5.79. The van der Waals surface area contributed by atoms with E-state index in [4.69, 9.17) is 0 Å². The fourth-order valence-electron chi connectivity index (χ4n) is 4.50. The molecule has 25 heavy (non-hydrogen) atoms. The number of aromatic nitrogens is 3. The van der Waals surface area contributed by atoms with Crippen molar-refractivity contribution in [3.05, 3.63) is 28.8 Å². The van der Waals surface area contributed by atoms with Gasteiger partial charge in [-0.1, -0.05) is 19.3 Å². The molecule has 0 N–H and O–H groups in total. The van der Waals surface area contributed by atoms with E-state index < -0.39 is 0 Å². The summed E-state index contributed by atoms with van der Waals surface area (Å²) in [6.07, 6.45) is 8.20. The Balaban J connectivity index is 1.60. The number of amides is 1. The SMILES string of the molecule is CCn1c(=O)n([C@@H]2CCN(C(=O)C3CCCCC3)C2)c2ncccc21. The first-order chi connectivity index (χ1) is 12.2. The van der Waals surface area contributed by atoms with Crippen LogP contribution in [0.4, 0.5) is 0 Å². The first-order valence-electron chi connectivity index (χ1n) is 9.55. The number of imidazole rings is 1. The Morgan fingerprint density at radius 3 is 2.80 bits per heavy atom. The zero-order chi connectivity index (χ0) is 17.4. The maximum absolute atomic E-state index is 12.9. The third-order valence-corrected chi connectivity index (χ3v) is 5.83. The average Bonchev–Trinajstić information content (AvgIpc) is 3.23. The number of likely N-dealkylation sites (tertiary alicyclic amines) is 1. The Labute approximate surface area is 147 Å². The lowest BCUT2D eigenvalue weighted by Crippen LogP contribution is -2.36. The molecule has 0 radical (unpaired) electrons. The van der Waals surface area contributed by atoms with Crippen LogP contribution in [0.25, 0.3) is 11.2 Å². The quantitative estimate of drug-likeness (QED) is 0.861. The van der Waals surface area contributed by atoms with Gasteiger partial charge in [-0.2, -0.15) is 0 Å². The van der Waals surface area contributed by atoms with Crippen molar-refractivity contribution in [3.8, 4) is 0 Å². The minimum absolute atomic E-state index is 0.00633. The zero-order valence-corrected chi connectivity index (χ0v) is 14.9. The van der Waals surface area contributed by atoms with Crippen LogP contribution in [0.1, 0.15) is 51.5 Å². The summed E-state index contributed by atoms with van der Waals surface area (Å²) in [4.78, 5) is 32.1. The number of fused-ring (bicyclic) bond motifs is 1. The van der Waals surface area contributed by atoms with Gasteiger partial charge >= 0.3 is 5.69 Å². The van der Waals surface area contributed by atoms with Gasteiger partial charge in [0.25, 0.3) is 0 Å². The Morgan fingerprint density at radius 2 is 2.04 bits per heavy atom. The topological polar surface area (TPSA) is 60.1 Å². The highest BCUT2D eigenvalue weighted by Gasteiger charge is 2.34. The second-order valence-electron chi connectivity index (χ2n) is 7.30. The number of aryl methyl sites for hydroxylation is 1. The molecule has 3 heterocycles. The zero-order valence-electron chi connectivity index (χ0n) is 14.9.